The van der Waals surface area contributed by atoms with Crippen molar-refractivity contribution >= 4 is 35.2 Å². The monoisotopic (exact) mass is 416 g/mol. The second kappa shape index (κ2) is 9.56. The van der Waals surface area contributed by atoms with E-state index in [1.165, 1.54) is 18.2 Å². The minimum atomic E-state index is -0.770. The predicted octanol–water partition coefficient (Wildman–Crippen LogP) is 3.02. The normalized spacial score (nSPS) is 15.8. The average molecular weight is 416 g/mol. The van der Waals surface area contributed by atoms with Crippen molar-refractivity contribution in [1.82, 2.24) is 5.32 Å². The highest BCUT2D eigenvalue weighted by Gasteiger charge is 2.25. The number of amides is 2. The summed E-state index contributed by atoms with van der Waals surface area (Å²) in [5, 5.41) is 2.66. The molecule has 1 N–H and O–H groups in total. The first-order chi connectivity index (χ1) is 14.0. The van der Waals surface area contributed by atoms with Gasteiger partial charge in [0.2, 0.25) is 0 Å². The number of carbonyl (C=O) groups is 3. The number of hydrogen-bond donors (Lipinski definition) is 1. The number of carbonyl (C=O) groups excluding carboxylic acids is 3. The number of benzene rings is 2. The second-order valence-electron chi connectivity index (χ2n) is 6.55. The van der Waals surface area contributed by atoms with Crippen LogP contribution in [-0.4, -0.2) is 42.7 Å². The Labute approximate surface area is 172 Å². The fourth-order valence-electron chi connectivity index (χ4n) is 2.91. The largest absolute Gasteiger partial charge is 0.454 e. The molecule has 2 aromatic carbocycles. The van der Waals surface area contributed by atoms with Crippen molar-refractivity contribution in [3.05, 3.63) is 59.9 Å². The molecule has 152 valence electrons. The summed E-state index contributed by atoms with van der Waals surface area (Å²) in [5.41, 5.74) is 0.639. The summed E-state index contributed by atoms with van der Waals surface area (Å²) in [6, 6.07) is 13.1. The lowest BCUT2D eigenvalue weighted by molar-refractivity contribution is -0.146. The summed E-state index contributed by atoms with van der Waals surface area (Å²) in [7, 11) is 0. The Bertz CT molecular complexity index is 921. The molecular formula is C21H21FN2O4S. The van der Waals surface area contributed by atoms with Crippen molar-refractivity contribution in [3.63, 3.8) is 0 Å². The van der Waals surface area contributed by atoms with Crippen LogP contribution in [0.5, 0.6) is 0 Å². The van der Waals surface area contributed by atoms with E-state index >= 15 is 0 Å². The van der Waals surface area contributed by atoms with Gasteiger partial charge in [-0.25, -0.2) is 4.39 Å². The molecule has 1 heterocycles. The molecule has 0 fully saturated rings. The standard InChI is InChI=1S/C21H21FN2O4S/c1-14-10-11-24(17-8-4-5-9-18(17)29-14)19(25)13-28-20(26)12-23-21(27)15-6-2-3-7-16(15)22/h2-9,14H,10-13H2,1H3,(H,23,27). The van der Waals surface area contributed by atoms with Crippen LogP contribution in [0.25, 0.3) is 0 Å². The maximum absolute atomic E-state index is 13.6. The first kappa shape index (κ1) is 20.9. The highest BCUT2D eigenvalue weighted by molar-refractivity contribution is 8.00. The number of hydrogen-bond acceptors (Lipinski definition) is 5. The first-order valence-corrected chi connectivity index (χ1v) is 10.1. The molecule has 2 aromatic rings. The third-order valence-electron chi connectivity index (χ3n) is 4.41. The van der Waals surface area contributed by atoms with Gasteiger partial charge < -0.3 is 15.0 Å². The van der Waals surface area contributed by atoms with Crippen LogP contribution in [0.15, 0.2) is 53.4 Å². The minimum absolute atomic E-state index is 0.163. The molecule has 3 rings (SSSR count). The van der Waals surface area contributed by atoms with Gasteiger partial charge in [0.05, 0.1) is 11.3 Å². The lowest BCUT2D eigenvalue weighted by Crippen LogP contribution is -2.37. The number of thioether (sulfide) groups is 1. The SMILES string of the molecule is CC1CCN(C(=O)COC(=O)CNC(=O)c2ccccc2F)c2ccccc2S1. The van der Waals surface area contributed by atoms with E-state index in [2.05, 4.69) is 12.2 Å². The molecule has 0 bridgehead atoms. The highest BCUT2D eigenvalue weighted by atomic mass is 32.2. The predicted molar refractivity (Wildman–Crippen MR) is 108 cm³/mol. The van der Waals surface area contributed by atoms with Crippen LogP contribution in [0, 0.1) is 5.82 Å². The summed E-state index contributed by atoms with van der Waals surface area (Å²) in [6.45, 7) is 1.75. The molecule has 0 radical (unpaired) electrons. The molecule has 1 unspecified atom stereocenters. The van der Waals surface area contributed by atoms with Crippen molar-refractivity contribution in [2.24, 2.45) is 0 Å². The van der Waals surface area contributed by atoms with Gasteiger partial charge in [-0.05, 0) is 30.7 Å². The molecule has 29 heavy (non-hydrogen) atoms. The van der Waals surface area contributed by atoms with Crippen molar-refractivity contribution in [2.45, 2.75) is 23.5 Å². The number of rotatable bonds is 5. The van der Waals surface area contributed by atoms with Crippen LogP contribution in [0.2, 0.25) is 0 Å². The van der Waals surface area contributed by atoms with Gasteiger partial charge in [0, 0.05) is 16.7 Å². The maximum Gasteiger partial charge on any atom is 0.325 e. The number of halogens is 1. The first-order valence-electron chi connectivity index (χ1n) is 9.20. The molecule has 6 nitrogen and oxygen atoms in total. The molecule has 1 aliphatic rings. The lowest BCUT2D eigenvalue weighted by Gasteiger charge is -2.22. The average Bonchev–Trinajstić information content (AvgIpc) is 2.88. The van der Waals surface area contributed by atoms with Crippen molar-refractivity contribution in [3.8, 4) is 0 Å². The van der Waals surface area contributed by atoms with Crippen LogP contribution in [0.4, 0.5) is 10.1 Å². The van der Waals surface area contributed by atoms with Crippen molar-refractivity contribution in [2.75, 3.05) is 24.6 Å². The van der Waals surface area contributed by atoms with Crippen LogP contribution in [-0.2, 0) is 14.3 Å². The zero-order chi connectivity index (χ0) is 20.8. The maximum atomic E-state index is 13.6. The molecule has 0 saturated heterocycles. The van der Waals surface area contributed by atoms with Gasteiger partial charge in [-0.1, -0.05) is 31.2 Å². The van der Waals surface area contributed by atoms with Gasteiger partial charge in [0.25, 0.3) is 11.8 Å². The van der Waals surface area contributed by atoms with E-state index in [4.69, 9.17) is 4.74 Å². The zero-order valence-electron chi connectivity index (χ0n) is 15.9. The van der Waals surface area contributed by atoms with Crippen molar-refractivity contribution < 1.29 is 23.5 Å². The molecule has 0 aliphatic carbocycles. The van der Waals surface area contributed by atoms with E-state index in [9.17, 15) is 18.8 Å². The third-order valence-corrected chi connectivity index (χ3v) is 5.65. The van der Waals surface area contributed by atoms with Crippen LogP contribution >= 0.6 is 11.8 Å². The van der Waals surface area contributed by atoms with Gasteiger partial charge in [-0.3, -0.25) is 14.4 Å². The molecule has 2 amide bonds. The van der Waals surface area contributed by atoms with Gasteiger partial charge >= 0.3 is 5.97 Å². The summed E-state index contributed by atoms with van der Waals surface area (Å²) >= 11 is 1.71. The van der Waals surface area contributed by atoms with E-state index in [-0.39, 0.29) is 11.5 Å². The smallest absolute Gasteiger partial charge is 0.325 e. The van der Waals surface area contributed by atoms with E-state index in [0.717, 1.165) is 23.1 Å². The second-order valence-corrected chi connectivity index (χ2v) is 8.03. The number of nitrogens with zero attached hydrogens (tertiary/aromatic N) is 1. The van der Waals surface area contributed by atoms with E-state index < -0.39 is 30.8 Å². The number of fused-ring (bicyclic) bond motifs is 1. The molecule has 1 atom stereocenters. The van der Waals surface area contributed by atoms with Gasteiger partial charge in [-0.2, -0.15) is 0 Å². The van der Waals surface area contributed by atoms with E-state index in [1.54, 1.807) is 16.7 Å². The third kappa shape index (κ3) is 5.35. The molecule has 0 spiro atoms. The Morgan fingerprint density at radius 1 is 1.17 bits per heavy atom. The minimum Gasteiger partial charge on any atom is -0.454 e. The Kier molecular flexibility index (Phi) is 6.87. The number of nitrogens with one attached hydrogen (secondary N) is 1. The van der Waals surface area contributed by atoms with Gasteiger partial charge in [0.1, 0.15) is 12.4 Å². The van der Waals surface area contributed by atoms with Crippen molar-refractivity contribution in [1.29, 1.82) is 0 Å². The molecular weight excluding hydrogens is 395 g/mol. The molecule has 0 aromatic heterocycles. The highest BCUT2D eigenvalue weighted by Crippen LogP contribution is 2.37. The Hall–Kier alpha value is -2.87. The Morgan fingerprint density at radius 2 is 1.90 bits per heavy atom. The number of esters is 1. The zero-order valence-corrected chi connectivity index (χ0v) is 16.7. The fraction of sp³-hybridized carbons (Fsp3) is 0.286. The number of ether oxygens (including phenoxy) is 1. The summed E-state index contributed by atoms with van der Waals surface area (Å²) in [4.78, 5) is 39.1. The quantitative estimate of drug-likeness (QED) is 0.759. The van der Waals surface area contributed by atoms with Gasteiger partial charge in [0.15, 0.2) is 6.61 Å². The van der Waals surface area contributed by atoms with Gasteiger partial charge in [-0.15, -0.1) is 11.8 Å². The van der Waals surface area contributed by atoms with Crippen LogP contribution < -0.4 is 10.2 Å². The summed E-state index contributed by atoms with van der Waals surface area (Å²) < 4.78 is 18.6. The lowest BCUT2D eigenvalue weighted by atomic mass is 10.2. The van der Waals surface area contributed by atoms with Crippen LogP contribution in [0.3, 0.4) is 0 Å². The summed E-state index contributed by atoms with van der Waals surface area (Å²) in [6.07, 6.45) is 0.817. The van der Waals surface area contributed by atoms with E-state index in [1.807, 2.05) is 24.3 Å². The van der Waals surface area contributed by atoms with Crippen LogP contribution in [0.1, 0.15) is 23.7 Å². The fourth-order valence-corrected chi connectivity index (χ4v) is 4.02. The Morgan fingerprint density at radius 3 is 2.69 bits per heavy atom. The molecule has 8 heteroatoms. The molecule has 1 aliphatic heterocycles. The summed E-state index contributed by atoms with van der Waals surface area (Å²) in [5.74, 6) is -2.51. The topological polar surface area (TPSA) is 75.7 Å². The number of para-hydroxylation sites is 1. The van der Waals surface area contributed by atoms with E-state index in [0.29, 0.717) is 11.8 Å². The Balaban J connectivity index is 1.53. The molecule has 0 saturated carbocycles. The number of anilines is 1.